The summed E-state index contributed by atoms with van der Waals surface area (Å²) in [6.07, 6.45) is 22.2. The van der Waals surface area contributed by atoms with E-state index in [1.54, 1.807) is 0 Å². The number of hydrogen-bond donors (Lipinski definition) is 0. The lowest BCUT2D eigenvalue weighted by molar-refractivity contribution is 0.281. The summed E-state index contributed by atoms with van der Waals surface area (Å²) in [5, 5.41) is 0. The van der Waals surface area contributed by atoms with E-state index in [0.29, 0.717) is 5.41 Å². The zero-order valence-corrected chi connectivity index (χ0v) is 13.1. The van der Waals surface area contributed by atoms with E-state index in [4.69, 9.17) is 0 Å². The number of rotatable bonds is 0. The molecule has 0 heterocycles. The van der Waals surface area contributed by atoms with Crippen molar-refractivity contribution < 1.29 is 0 Å². The van der Waals surface area contributed by atoms with E-state index >= 15 is 0 Å². The molecule has 0 atom stereocenters. The highest BCUT2D eigenvalue weighted by molar-refractivity contribution is 4.69. The van der Waals surface area contributed by atoms with E-state index < -0.39 is 0 Å². The molecule has 0 aromatic carbocycles. The molecule has 0 spiro atoms. The highest BCUT2D eigenvalue weighted by atomic mass is 14.2. The standard InChI is InChI=1S/C18H36/c1-18(2)16-14-12-10-8-6-4-3-5-7-9-11-13-15-17-18/h3-17H2,1-2H3. The summed E-state index contributed by atoms with van der Waals surface area (Å²) in [7, 11) is 0. The van der Waals surface area contributed by atoms with Crippen LogP contribution in [0.3, 0.4) is 0 Å². The molecule has 0 nitrogen and oxygen atoms in total. The van der Waals surface area contributed by atoms with Crippen molar-refractivity contribution in [2.24, 2.45) is 5.41 Å². The summed E-state index contributed by atoms with van der Waals surface area (Å²) in [4.78, 5) is 0. The highest BCUT2D eigenvalue weighted by Gasteiger charge is 2.16. The maximum Gasteiger partial charge on any atom is -0.0354 e. The summed E-state index contributed by atoms with van der Waals surface area (Å²) >= 11 is 0. The van der Waals surface area contributed by atoms with Crippen LogP contribution in [0.15, 0.2) is 0 Å². The van der Waals surface area contributed by atoms with Gasteiger partial charge in [-0.2, -0.15) is 0 Å². The molecular formula is C18H36. The molecule has 0 heteroatoms. The summed E-state index contributed by atoms with van der Waals surface area (Å²) in [5.41, 5.74) is 0.608. The Balaban J connectivity index is 2.20. The fraction of sp³-hybridized carbons (Fsp3) is 1.00. The minimum absolute atomic E-state index is 0.608. The molecule has 0 aromatic heterocycles. The Morgan fingerprint density at radius 1 is 0.389 bits per heavy atom. The van der Waals surface area contributed by atoms with Crippen LogP contribution >= 0.6 is 0 Å². The van der Waals surface area contributed by atoms with Crippen LogP contribution in [0.4, 0.5) is 0 Å². The summed E-state index contributed by atoms with van der Waals surface area (Å²) in [6, 6.07) is 0. The molecular weight excluding hydrogens is 216 g/mol. The average Bonchev–Trinajstić information content (AvgIpc) is 2.32. The van der Waals surface area contributed by atoms with Gasteiger partial charge in [-0.05, 0) is 18.3 Å². The van der Waals surface area contributed by atoms with Crippen LogP contribution in [0.1, 0.15) is 110 Å². The first-order valence-electron chi connectivity index (χ1n) is 8.71. The third-order valence-corrected chi connectivity index (χ3v) is 4.71. The molecule has 0 amide bonds. The van der Waals surface area contributed by atoms with Gasteiger partial charge in [-0.1, -0.05) is 97.3 Å². The van der Waals surface area contributed by atoms with E-state index in [-0.39, 0.29) is 0 Å². The Labute approximate surface area is 116 Å². The summed E-state index contributed by atoms with van der Waals surface area (Å²) in [6.45, 7) is 4.96. The van der Waals surface area contributed by atoms with E-state index in [0.717, 1.165) is 0 Å². The van der Waals surface area contributed by atoms with E-state index in [9.17, 15) is 0 Å². The van der Waals surface area contributed by atoms with Crippen molar-refractivity contribution in [3.63, 3.8) is 0 Å². The molecule has 1 aliphatic carbocycles. The second kappa shape index (κ2) is 9.87. The third-order valence-electron chi connectivity index (χ3n) is 4.71. The van der Waals surface area contributed by atoms with Crippen molar-refractivity contribution in [1.29, 1.82) is 0 Å². The Bertz CT molecular complexity index is 162. The van der Waals surface area contributed by atoms with Gasteiger partial charge >= 0.3 is 0 Å². The lowest BCUT2D eigenvalue weighted by Gasteiger charge is -2.24. The molecule has 0 aliphatic heterocycles. The molecule has 18 heavy (non-hydrogen) atoms. The van der Waals surface area contributed by atoms with Gasteiger partial charge < -0.3 is 0 Å². The van der Waals surface area contributed by atoms with Crippen LogP contribution in [-0.4, -0.2) is 0 Å². The highest BCUT2D eigenvalue weighted by Crippen LogP contribution is 2.30. The predicted octanol–water partition coefficient (Wildman–Crippen LogP) is 6.88. The second-order valence-corrected chi connectivity index (χ2v) is 7.26. The maximum atomic E-state index is 2.48. The minimum Gasteiger partial charge on any atom is -0.0599 e. The quantitative estimate of drug-likeness (QED) is 0.441. The molecule has 1 aliphatic rings. The molecule has 1 rings (SSSR count). The molecule has 1 saturated carbocycles. The Kier molecular flexibility index (Phi) is 8.80. The Morgan fingerprint density at radius 3 is 0.889 bits per heavy atom. The molecule has 1 fully saturated rings. The summed E-state index contributed by atoms with van der Waals surface area (Å²) < 4.78 is 0. The third kappa shape index (κ3) is 9.00. The largest absolute Gasteiger partial charge is 0.0599 e. The Hall–Kier alpha value is 0. The molecule has 0 N–H and O–H groups in total. The first-order valence-corrected chi connectivity index (χ1v) is 8.71. The lowest BCUT2D eigenvalue weighted by Crippen LogP contribution is -2.11. The topological polar surface area (TPSA) is 0 Å². The fourth-order valence-corrected chi connectivity index (χ4v) is 3.28. The zero-order chi connectivity index (χ0) is 13.1. The van der Waals surface area contributed by atoms with Crippen molar-refractivity contribution in [3.05, 3.63) is 0 Å². The molecule has 0 unspecified atom stereocenters. The van der Waals surface area contributed by atoms with Crippen LogP contribution in [0.2, 0.25) is 0 Å². The lowest BCUT2D eigenvalue weighted by atomic mass is 9.81. The monoisotopic (exact) mass is 252 g/mol. The van der Waals surface area contributed by atoms with Crippen LogP contribution in [0, 0.1) is 5.41 Å². The summed E-state index contributed by atoms with van der Waals surface area (Å²) in [5.74, 6) is 0. The van der Waals surface area contributed by atoms with E-state index in [1.807, 2.05) is 0 Å². The molecule has 108 valence electrons. The van der Waals surface area contributed by atoms with Crippen molar-refractivity contribution >= 4 is 0 Å². The molecule has 0 radical (unpaired) electrons. The van der Waals surface area contributed by atoms with Crippen LogP contribution in [-0.2, 0) is 0 Å². The minimum atomic E-state index is 0.608. The fourth-order valence-electron chi connectivity index (χ4n) is 3.28. The zero-order valence-electron chi connectivity index (χ0n) is 13.1. The normalized spacial score (nSPS) is 25.7. The predicted molar refractivity (Wildman–Crippen MR) is 83.0 cm³/mol. The van der Waals surface area contributed by atoms with Crippen LogP contribution in [0.25, 0.3) is 0 Å². The average molecular weight is 252 g/mol. The van der Waals surface area contributed by atoms with Gasteiger partial charge in [-0.3, -0.25) is 0 Å². The van der Waals surface area contributed by atoms with Crippen molar-refractivity contribution in [2.45, 2.75) is 110 Å². The van der Waals surface area contributed by atoms with Crippen molar-refractivity contribution in [3.8, 4) is 0 Å². The van der Waals surface area contributed by atoms with Gasteiger partial charge in [0, 0.05) is 0 Å². The smallest absolute Gasteiger partial charge is 0.0354 e. The van der Waals surface area contributed by atoms with E-state index in [1.165, 1.54) is 96.3 Å². The van der Waals surface area contributed by atoms with Gasteiger partial charge in [-0.25, -0.2) is 0 Å². The van der Waals surface area contributed by atoms with Crippen LogP contribution in [0.5, 0.6) is 0 Å². The van der Waals surface area contributed by atoms with Crippen molar-refractivity contribution in [2.75, 3.05) is 0 Å². The van der Waals surface area contributed by atoms with Gasteiger partial charge in [0.15, 0.2) is 0 Å². The van der Waals surface area contributed by atoms with Gasteiger partial charge in [0.2, 0.25) is 0 Å². The second-order valence-electron chi connectivity index (χ2n) is 7.26. The van der Waals surface area contributed by atoms with Gasteiger partial charge in [-0.15, -0.1) is 0 Å². The molecule has 0 saturated heterocycles. The van der Waals surface area contributed by atoms with E-state index in [2.05, 4.69) is 13.8 Å². The van der Waals surface area contributed by atoms with Crippen molar-refractivity contribution in [1.82, 2.24) is 0 Å². The van der Waals surface area contributed by atoms with Gasteiger partial charge in [0.05, 0.1) is 0 Å². The SMILES string of the molecule is CC1(C)CCCCCCCCCCCCCCC1. The maximum absolute atomic E-state index is 2.48. The first-order chi connectivity index (χ1) is 8.71. The van der Waals surface area contributed by atoms with Gasteiger partial charge in [0.1, 0.15) is 0 Å². The molecule has 0 bridgehead atoms. The Morgan fingerprint density at radius 2 is 0.611 bits per heavy atom. The van der Waals surface area contributed by atoms with Crippen LogP contribution < -0.4 is 0 Å². The molecule has 0 aromatic rings. The van der Waals surface area contributed by atoms with Gasteiger partial charge in [0.25, 0.3) is 0 Å². The number of hydrogen-bond acceptors (Lipinski definition) is 0. The first kappa shape index (κ1) is 16.1.